The Morgan fingerprint density at radius 1 is 0.724 bits per heavy atom. The topological polar surface area (TPSA) is 31.4 Å². The SMILES string of the molecule is COc1ccc(N2C(=[Se])N3CCCN4C(=[Se])N(c5ccc(OC)cc5)S2=C34)cc1. The monoisotopic (exact) mass is 540 g/mol. The summed E-state index contributed by atoms with van der Waals surface area (Å²) in [5, 5.41) is 1.32. The van der Waals surface area contributed by atoms with Crippen molar-refractivity contribution in [3.05, 3.63) is 48.5 Å². The molecule has 3 aliphatic rings. The van der Waals surface area contributed by atoms with Gasteiger partial charge in [-0.1, -0.05) is 0 Å². The number of hydrogen-bond acceptors (Lipinski definition) is 6. The van der Waals surface area contributed by atoms with Crippen LogP contribution in [0.4, 0.5) is 11.4 Å². The predicted octanol–water partition coefficient (Wildman–Crippen LogP) is 1.75. The van der Waals surface area contributed by atoms with E-state index in [2.05, 4.69) is 73.8 Å². The first-order valence-electron chi connectivity index (χ1n) is 9.27. The second kappa shape index (κ2) is 7.49. The van der Waals surface area contributed by atoms with Gasteiger partial charge in [0.15, 0.2) is 0 Å². The second-order valence-corrected chi connectivity index (χ2v) is 9.91. The first-order valence-corrected chi connectivity index (χ1v) is 12.1. The Bertz CT molecular complexity index is 946. The quantitative estimate of drug-likeness (QED) is 0.436. The third kappa shape index (κ3) is 2.95. The van der Waals surface area contributed by atoms with Crippen LogP contribution >= 0.6 is 10.9 Å². The standard InChI is InChI=1S/C20H20N4O2SSe2/c1-25-16-8-4-14(5-9-16)23-19(28)21-12-3-13-22-18(21)27(23)24(20(22)29)15-6-10-17(26-2)11-7-15/h4-11H,3,12-13H2,1-2H3. The molecule has 3 aliphatic heterocycles. The van der Waals surface area contributed by atoms with Gasteiger partial charge in [-0.25, -0.2) is 0 Å². The zero-order valence-corrected chi connectivity index (χ0v) is 20.3. The molecule has 0 radical (unpaired) electrons. The van der Waals surface area contributed by atoms with Gasteiger partial charge in [0.1, 0.15) is 0 Å². The van der Waals surface area contributed by atoms with Gasteiger partial charge in [0.2, 0.25) is 0 Å². The van der Waals surface area contributed by atoms with Crippen molar-refractivity contribution in [2.24, 2.45) is 0 Å². The van der Waals surface area contributed by atoms with Gasteiger partial charge in [-0.05, 0) is 0 Å². The molecular formula is C20H20N4O2SSe2. The van der Waals surface area contributed by atoms with Crippen molar-refractivity contribution in [2.75, 3.05) is 35.9 Å². The molecule has 0 spiro atoms. The van der Waals surface area contributed by atoms with Crippen LogP contribution in [0.3, 0.4) is 0 Å². The fourth-order valence-electron chi connectivity index (χ4n) is 3.74. The molecule has 0 aliphatic carbocycles. The Morgan fingerprint density at radius 3 is 1.52 bits per heavy atom. The summed E-state index contributed by atoms with van der Waals surface area (Å²) in [6, 6.07) is 16.5. The first kappa shape index (κ1) is 19.2. The van der Waals surface area contributed by atoms with Crippen molar-refractivity contribution in [3.63, 3.8) is 0 Å². The second-order valence-electron chi connectivity index (χ2n) is 6.75. The van der Waals surface area contributed by atoms with Crippen molar-refractivity contribution in [1.82, 2.24) is 9.80 Å². The molecule has 5 rings (SSSR count). The summed E-state index contributed by atoms with van der Waals surface area (Å²) in [5.41, 5.74) is 2.27. The van der Waals surface area contributed by atoms with Gasteiger partial charge in [-0.2, -0.15) is 0 Å². The molecule has 0 saturated carbocycles. The van der Waals surface area contributed by atoms with E-state index in [1.807, 2.05) is 24.3 Å². The number of nitrogens with zero attached hydrogens (tertiary/aromatic N) is 4. The molecule has 6 nitrogen and oxygen atoms in total. The van der Waals surface area contributed by atoms with E-state index in [4.69, 9.17) is 9.47 Å². The molecule has 9 heteroatoms. The van der Waals surface area contributed by atoms with Crippen LogP contribution in [0.25, 0.3) is 0 Å². The molecule has 3 heterocycles. The molecule has 29 heavy (non-hydrogen) atoms. The number of hydrogen-bond donors (Lipinski definition) is 0. The minimum absolute atomic E-state index is 0.315. The van der Waals surface area contributed by atoms with E-state index >= 15 is 0 Å². The third-order valence-electron chi connectivity index (χ3n) is 5.16. The zero-order chi connectivity index (χ0) is 20.1. The van der Waals surface area contributed by atoms with Crippen LogP contribution < -0.4 is 18.1 Å². The van der Waals surface area contributed by atoms with Crippen LogP contribution in [0, 0.1) is 0 Å². The van der Waals surface area contributed by atoms with E-state index in [1.165, 1.54) is 5.11 Å². The summed E-state index contributed by atoms with van der Waals surface area (Å²) in [6.07, 6.45) is 1.12. The van der Waals surface area contributed by atoms with Crippen LogP contribution in [-0.2, 0) is 0 Å². The molecule has 0 unspecified atom stereocenters. The fourth-order valence-corrected chi connectivity index (χ4v) is 8.46. The van der Waals surface area contributed by atoms with E-state index < -0.39 is 0 Å². The number of methoxy groups -OCH3 is 2. The normalized spacial score (nSPS) is 18.6. The van der Waals surface area contributed by atoms with Crippen LogP contribution in [0.15, 0.2) is 48.5 Å². The summed E-state index contributed by atoms with van der Waals surface area (Å²) in [5.74, 6) is 1.72. The van der Waals surface area contributed by atoms with Gasteiger partial charge < -0.3 is 0 Å². The number of anilines is 2. The number of benzene rings is 2. The van der Waals surface area contributed by atoms with E-state index in [0.717, 1.165) is 51.7 Å². The fraction of sp³-hybridized carbons (Fsp3) is 0.250. The van der Waals surface area contributed by atoms with E-state index in [0.29, 0.717) is 0 Å². The molecule has 0 N–H and O–H groups in total. The van der Waals surface area contributed by atoms with Gasteiger partial charge in [-0.15, -0.1) is 0 Å². The summed E-state index contributed by atoms with van der Waals surface area (Å²) >= 11 is 6.67. The van der Waals surface area contributed by atoms with Gasteiger partial charge >= 0.3 is 189 Å². The van der Waals surface area contributed by atoms with Gasteiger partial charge in [-0.3, -0.25) is 0 Å². The number of ether oxygens (including phenoxy) is 2. The molecule has 1 saturated heterocycles. The minimum atomic E-state index is -0.315. The third-order valence-corrected chi connectivity index (χ3v) is 9.60. The summed E-state index contributed by atoms with van der Waals surface area (Å²) in [4.78, 5) is 4.83. The van der Waals surface area contributed by atoms with Crippen molar-refractivity contribution in [2.45, 2.75) is 6.42 Å². The average Bonchev–Trinajstić information content (AvgIpc) is 3.23. The van der Waals surface area contributed by atoms with Crippen molar-refractivity contribution >= 4 is 67.8 Å². The van der Waals surface area contributed by atoms with Crippen molar-refractivity contribution in [1.29, 1.82) is 0 Å². The molecule has 0 aromatic heterocycles. The Kier molecular flexibility index (Phi) is 4.96. The average molecular weight is 538 g/mol. The summed E-state index contributed by atoms with van der Waals surface area (Å²) in [6.45, 7) is 2.04. The van der Waals surface area contributed by atoms with E-state index in [-0.39, 0.29) is 10.9 Å². The molecule has 1 fully saturated rings. The molecule has 150 valence electrons. The van der Waals surface area contributed by atoms with Gasteiger partial charge in [0, 0.05) is 0 Å². The Labute approximate surface area is 188 Å². The van der Waals surface area contributed by atoms with Crippen LogP contribution in [0.5, 0.6) is 11.5 Å². The Balaban J connectivity index is 1.63. The summed E-state index contributed by atoms with van der Waals surface area (Å²) < 4.78 is 17.8. The molecule has 2 aromatic carbocycles. The van der Waals surface area contributed by atoms with Crippen LogP contribution in [0.1, 0.15) is 6.42 Å². The first-order chi connectivity index (χ1) is 14.1. The predicted molar refractivity (Wildman–Crippen MR) is 123 cm³/mol. The Hall–Kier alpha value is -1.76. The molecule has 0 bridgehead atoms. The van der Waals surface area contributed by atoms with Gasteiger partial charge in [0.05, 0.1) is 0 Å². The van der Waals surface area contributed by atoms with Crippen molar-refractivity contribution < 1.29 is 9.47 Å². The maximum absolute atomic E-state index is 5.36. The number of rotatable bonds is 4. The van der Waals surface area contributed by atoms with Gasteiger partial charge in [0.25, 0.3) is 0 Å². The maximum atomic E-state index is 5.36. The zero-order valence-electron chi connectivity index (χ0n) is 16.1. The molecule has 0 atom stereocenters. The molecule has 2 aromatic rings. The van der Waals surface area contributed by atoms with Crippen LogP contribution in [0.2, 0.25) is 0 Å². The van der Waals surface area contributed by atoms with E-state index in [1.54, 1.807) is 14.2 Å². The van der Waals surface area contributed by atoms with E-state index in [9.17, 15) is 0 Å². The Morgan fingerprint density at radius 2 is 1.14 bits per heavy atom. The summed E-state index contributed by atoms with van der Waals surface area (Å²) in [7, 11) is 3.08. The van der Waals surface area contributed by atoms with Crippen LogP contribution in [-0.4, -0.2) is 82.7 Å². The molecular weight excluding hydrogens is 518 g/mol. The molecule has 0 amide bonds. The van der Waals surface area contributed by atoms with Crippen molar-refractivity contribution in [3.8, 4) is 11.5 Å².